The van der Waals surface area contributed by atoms with E-state index in [1.807, 2.05) is 7.05 Å². The molecule has 0 aromatic rings. The lowest BCUT2D eigenvalue weighted by Crippen LogP contribution is -2.32. The van der Waals surface area contributed by atoms with Crippen LogP contribution in [-0.4, -0.2) is 13.1 Å². The lowest BCUT2D eigenvalue weighted by atomic mass is 9.94. The second kappa shape index (κ2) is 1.61. The smallest absolute Gasteiger partial charge is 0.00695 e. The first-order valence-corrected chi connectivity index (χ1v) is 2.42. The van der Waals surface area contributed by atoms with Crippen molar-refractivity contribution in [2.45, 2.75) is 18.9 Å². The van der Waals surface area contributed by atoms with E-state index in [2.05, 4.69) is 11.7 Å². The Labute approximate surface area is 38.7 Å². The topological polar surface area (TPSA) is 12.0 Å². The molecule has 1 radical (unpaired) electrons. The van der Waals surface area contributed by atoms with Gasteiger partial charge in [-0.15, -0.1) is 0 Å². The third-order valence-corrected chi connectivity index (χ3v) is 1.31. The highest BCUT2D eigenvalue weighted by Crippen LogP contribution is 2.15. The van der Waals surface area contributed by atoms with Gasteiger partial charge in [0.1, 0.15) is 0 Å². The largest absolute Gasteiger partial charge is 0.317 e. The SMILES string of the molecule is CNC1C[CH]C1. The second-order valence-corrected chi connectivity index (χ2v) is 1.75. The molecular weight excluding hydrogens is 74.1 g/mol. The zero-order valence-corrected chi connectivity index (χ0v) is 4.07. The lowest BCUT2D eigenvalue weighted by molar-refractivity contribution is 0.454. The molecule has 1 fully saturated rings. The van der Waals surface area contributed by atoms with E-state index < -0.39 is 0 Å². The number of rotatable bonds is 1. The molecule has 6 heavy (non-hydrogen) atoms. The van der Waals surface area contributed by atoms with E-state index in [0.717, 1.165) is 6.04 Å². The first kappa shape index (κ1) is 4.13. The van der Waals surface area contributed by atoms with Gasteiger partial charge in [-0.25, -0.2) is 0 Å². The van der Waals surface area contributed by atoms with Gasteiger partial charge < -0.3 is 5.32 Å². The van der Waals surface area contributed by atoms with Crippen LogP contribution < -0.4 is 5.32 Å². The van der Waals surface area contributed by atoms with Gasteiger partial charge in [0.05, 0.1) is 0 Å². The highest BCUT2D eigenvalue weighted by Gasteiger charge is 2.13. The summed E-state index contributed by atoms with van der Waals surface area (Å²) in [6.45, 7) is 0. The molecule has 0 bridgehead atoms. The molecule has 35 valence electrons. The average Bonchev–Trinajstić information content (AvgIpc) is 1.31. The maximum Gasteiger partial charge on any atom is 0.00695 e. The predicted molar refractivity (Wildman–Crippen MR) is 26.4 cm³/mol. The molecule has 0 spiro atoms. The van der Waals surface area contributed by atoms with Crippen LogP contribution in [0.1, 0.15) is 12.8 Å². The summed E-state index contributed by atoms with van der Waals surface area (Å²) in [6.07, 6.45) is 4.84. The Morgan fingerprint density at radius 2 is 2.33 bits per heavy atom. The summed E-state index contributed by atoms with van der Waals surface area (Å²) in [4.78, 5) is 0. The summed E-state index contributed by atoms with van der Waals surface area (Å²) in [5.74, 6) is 0. The molecule has 1 nitrogen and oxygen atoms in total. The predicted octanol–water partition coefficient (Wildman–Crippen LogP) is 0.572. The van der Waals surface area contributed by atoms with Crippen LogP contribution in [0.5, 0.6) is 0 Å². The number of hydrogen-bond acceptors (Lipinski definition) is 1. The molecule has 1 N–H and O–H groups in total. The molecule has 1 saturated carbocycles. The van der Waals surface area contributed by atoms with Crippen molar-refractivity contribution in [1.29, 1.82) is 0 Å². The van der Waals surface area contributed by atoms with Gasteiger partial charge >= 0.3 is 0 Å². The number of hydrogen-bond donors (Lipinski definition) is 1. The van der Waals surface area contributed by atoms with Gasteiger partial charge in [0.25, 0.3) is 0 Å². The molecule has 0 aliphatic heterocycles. The highest BCUT2D eigenvalue weighted by atomic mass is 14.9. The van der Waals surface area contributed by atoms with Crippen LogP contribution in [0.25, 0.3) is 0 Å². The minimum Gasteiger partial charge on any atom is -0.317 e. The van der Waals surface area contributed by atoms with Crippen LogP contribution in [0.2, 0.25) is 0 Å². The standard InChI is InChI=1S/C5H10N/c1-6-5-3-2-4-5/h2,5-6H,3-4H2,1H3. The zero-order valence-electron chi connectivity index (χ0n) is 4.07. The normalized spacial score (nSPS) is 23.5. The summed E-state index contributed by atoms with van der Waals surface area (Å²) in [7, 11) is 2.01. The molecule has 0 aromatic carbocycles. The van der Waals surface area contributed by atoms with E-state index in [9.17, 15) is 0 Å². The van der Waals surface area contributed by atoms with Gasteiger partial charge in [0, 0.05) is 6.04 Å². The van der Waals surface area contributed by atoms with Crippen molar-refractivity contribution in [3.8, 4) is 0 Å². The van der Waals surface area contributed by atoms with Gasteiger partial charge in [0.15, 0.2) is 0 Å². The second-order valence-electron chi connectivity index (χ2n) is 1.75. The molecule has 0 saturated heterocycles. The fourth-order valence-corrected chi connectivity index (χ4v) is 0.569. The van der Waals surface area contributed by atoms with Gasteiger partial charge in [-0.3, -0.25) is 0 Å². The third kappa shape index (κ3) is 0.548. The van der Waals surface area contributed by atoms with E-state index in [1.54, 1.807) is 0 Å². The minimum atomic E-state index is 0.810. The molecule has 1 heteroatoms. The van der Waals surface area contributed by atoms with E-state index in [4.69, 9.17) is 0 Å². The minimum absolute atomic E-state index is 0.810. The molecular formula is C5H10N. The average molecular weight is 84.1 g/mol. The van der Waals surface area contributed by atoms with Gasteiger partial charge in [-0.05, 0) is 26.3 Å². The third-order valence-electron chi connectivity index (χ3n) is 1.31. The van der Waals surface area contributed by atoms with Crippen LogP contribution in [0.15, 0.2) is 0 Å². The summed E-state index contributed by atoms with van der Waals surface area (Å²) >= 11 is 0. The maximum absolute atomic E-state index is 3.17. The molecule has 0 amide bonds. The Hall–Kier alpha value is -0.0400. The number of nitrogens with one attached hydrogen (secondary N) is 1. The van der Waals surface area contributed by atoms with Crippen molar-refractivity contribution in [3.05, 3.63) is 6.42 Å². The quantitative estimate of drug-likeness (QED) is 0.490. The molecule has 1 rings (SSSR count). The van der Waals surface area contributed by atoms with E-state index in [1.165, 1.54) is 12.8 Å². The zero-order chi connectivity index (χ0) is 4.41. The van der Waals surface area contributed by atoms with Crippen LogP contribution in [-0.2, 0) is 0 Å². The highest BCUT2D eigenvalue weighted by molar-refractivity contribution is 4.89. The Balaban J connectivity index is 2.01. The van der Waals surface area contributed by atoms with Gasteiger partial charge in [0.2, 0.25) is 0 Å². The van der Waals surface area contributed by atoms with E-state index >= 15 is 0 Å². The fraction of sp³-hybridized carbons (Fsp3) is 0.800. The van der Waals surface area contributed by atoms with Crippen molar-refractivity contribution >= 4 is 0 Å². The van der Waals surface area contributed by atoms with E-state index in [0.29, 0.717) is 0 Å². The molecule has 0 unspecified atom stereocenters. The first-order chi connectivity index (χ1) is 2.93. The fourth-order valence-electron chi connectivity index (χ4n) is 0.569. The molecule has 0 atom stereocenters. The van der Waals surface area contributed by atoms with Crippen molar-refractivity contribution < 1.29 is 0 Å². The summed E-state index contributed by atoms with van der Waals surface area (Å²) in [5, 5.41) is 3.17. The monoisotopic (exact) mass is 84.1 g/mol. The van der Waals surface area contributed by atoms with Crippen molar-refractivity contribution in [2.75, 3.05) is 7.05 Å². The van der Waals surface area contributed by atoms with Crippen LogP contribution in [0.4, 0.5) is 0 Å². The van der Waals surface area contributed by atoms with E-state index in [-0.39, 0.29) is 0 Å². The Morgan fingerprint density at radius 1 is 1.67 bits per heavy atom. The van der Waals surface area contributed by atoms with Crippen molar-refractivity contribution in [2.24, 2.45) is 0 Å². The molecule has 1 aliphatic rings. The summed E-state index contributed by atoms with van der Waals surface area (Å²) in [6, 6.07) is 0.810. The van der Waals surface area contributed by atoms with Gasteiger partial charge in [-0.2, -0.15) is 0 Å². The van der Waals surface area contributed by atoms with Crippen molar-refractivity contribution in [3.63, 3.8) is 0 Å². The maximum atomic E-state index is 3.17. The van der Waals surface area contributed by atoms with Gasteiger partial charge in [-0.1, -0.05) is 0 Å². The van der Waals surface area contributed by atoms with Crippen LogP contribution in [0.3, 0.4) is 0 Å². The van der Waals surface area contributed by atoms with Crippen molar-refractivity contribution in [1.82, 2.24) is 5.32 Å². The Kier molecular flexibility index (Phi) is 1.10. The molecule has 0 aromatic heterocycles. The van der Waals surface area contributed by atoms with Crippen LogP contribution >= 0.6 is 0 Å². The Bertz CT molecular complexity index is 36.4. The first-order valence-electron chi connectivity index (χ1n) is 2.42. The molecule has 0 heterocycles. The summed E-state index contributed by atoms with van der Waals surface area (Å²) < 4.78 is 0. The molecule has 1 aliphatic carbocycles. The summed E-state index contributed by atoms with van der Waals surface area (Å²) in [5.41, 5.74) is 0. The Morgan fingerprint density at radius 3 is 2.33 bits per heavy atom. The van der Waals surface area contributed by atoms with Crippen LogP contribution in [0, 0.1) is 6.42 Å². The lowest BCUT2D eigenvalue weighted by Gasteiger charge is -2.23.